The van der Waals surface area contributed by atoms with Crippen molar-refractivity contribution >= 4 is 28.4 Å². The largest absolute Gasteiger partial charge is 0.344 e. The number of likely N-dealkylation sites (N-methyl/N-ethyl adjacent to an activating group) is 1. The van der Waals surface area contributed by atoms with Crippen LogP contribution in [0.15, 0.2) is 5.38 Å². The third kappa shape index (κ3) is 2.82. The van der Waals surface area contributed by atoms with Crippen molar-refractivity contribution in [2.45, 2.75) is 51.1 Å². The number of aromatic nitrogens is 1. The van der Waals surface area contributed by atoms with Crippen molar-refractivity contribution in [1.82, 2.24) is 14.8 Å². The van der Waals surface area contributed by atoms with Gasteiger partial charge in [-0.25, -0.2) is 9.78 Å². The second-order valence-electron chi connectivity index (χ2n) is 6.43. The number of hydrogen-bond acceptors (Lipinski definition) is 4. The molecule has 1 N–H and O–H groups in total. The van der Waals surface area contributed by atoms with Gasteiger partial charge in [-0.15, -0.1) is 11.3 Å². The molecule has 3 rings (SSSR count). The molecule has 0 radical (unpaired) electrons. The number of anilines is 1. The van der Waals surface area contributed by atoms with Gasteiger partial charge in [0.2, 0.25) is 5.91 Å². The van der Waals surface area contributed by atoms with Gasteiger partial charge >= 0.3 is 6.03 Å². The molecule has 22 heavy (non-hydrogen) atoms. The van der Waals surface area contributed by atoms with Crippen molar-refractivity contribution in [2.75, 3.05) is 18.9 Å². The van der Waals surface area contributed by atoms with Crippen LogP contribution in [0, 0.1) is 0 Å². The predicted octanol–water partition coefficient (Wildman–Crippen LogP) is 2.49. The first-order chi connectivity index (χ1) is 10.5. The molecular weight excluding hydrogens is 300 g/mol. The fraction of sp³-hybridized carbons (Fsp3) is 0.667. The summed E-state index contributed by atoms with van der Waals surface area (Å²) in [7, 11) is 1.81. The average Bonchev–Trinajstić information content (AvgIpc) is 3.03. The molecule has 0 aliphatic carbocycles. The molecule has 2 saturated heterocycles. The number of thiazole rings is 1. The zero-order valence-electron chi connectivity index (χ0n) is 13.2. The summed E-state index contributed by atoms with van der Waals surface area (Å²) in [6.07, 6.45) is 2.30. The maximum absolute atomic E-state index is 12.6. The van der Waals surface area contributed by atoms with Gasteiger partial charge in [-0.3, -0.25) is 10.1 Å². The number of likely N-dealkylation sites (tertiary alicyclic amines) is 1. The Labute approximate surface area is 134 Å². The lowest BCUT2D eigenvalue weighted by Crippen LogP contribution is -2.45. The SMILES string of the molecule is CC(C)c1csc(NC(=O)N2[C@@H]3CC[C@H]2CC(=O)N(C)C3)n1. The second kappa shape index (κ2) is 5.87. The first-order valence-electron chi connectivity index (χ1n) is 7.74. The van der Waals surface area contributed by atoms with Crippen LogP contribution >= 0.6 is 11.3 Å². The van der Waals surface area contributed by atoms with Crippen LogP contribution in [0.25, 0.3) is 0 Å². The van der Waals surface area contributed by atoms with E-state index in [4.69, 9.17) is 0 Å². The van der Waals surface area contributed by atoms with Crippen LogP contribution in [0.4, 0.5) is 9.93 Å². The van der Waals surface area contributed by atoms with Crippen molar-refractivity contribution in [3.05, 3.63) is 11.1 Å². The van der Waals surface area contributed by atoms with Crippen LogP contribution in [0.1, 0.15) is 44.7 Å². The lowest BCUT2D eigenvalue weighted by molar-refractivity contribution is -0.130. The topological polar surface area (TPSA) is 65.5 Å². The minimum atomic E-state index is -0.125. The third-order valence-electron chi connectivity index (χ3n) is 4.50. The molecule has 2 aliphatic heterocycles. The number of carbonyl (C=O) groups excluding carboxylic acids is 2. The molecule has 6 nitrogen and oxygen atoms in total. The van der Waals surface area contributed by atoms with E-state index in [1.54, 1.807) is 4.90 Å². The van der Waals surface area contributed by atoms with Gasteiger partial charge in [-0.05, 0) is 18.8 Å². The third-order valence-corrected chi connectivity index (χ3v) is 5.28. The Morgan fingerprint density at radius 1 is 1.41 bits per heavy atom. The summed E-state index contributed by atoms with van der Waals surface area (Å²) < 4.78 is 0. The number of fused-ring (bicyclic) bond motifs is 2. The Morgan fingerprint density at radius 3 is 2.82 bits per heavy atom. The van der Waals surface area contributed by atoms with Crippen LogP contribution in [-0.4, -0.2) is 52.4 Å². The molecule has 120 valence electrons. The second-order valence-corrected chi connectivity index (χ2v) is 7.29. The Kier molecular flexibility index (Phi) is 4.08. The molecular formula is C15H22N4O2S. The van der Waals surface area contributed by atoms with Gasteiger partial charge in [0, 0.05) is 31.4 Å². The summed E-state index contributed by atoms with van der Waals surface area (Å²) in [5.41, 5.74) is 0.994. The summed E-state index contributed by atoms with van der Waals surface area (Å²) in [4.78, 5) is 32.6. The van der Waals surface area contributed by atoms with Crippen molar-refractivity contribution in [2.24, 2.45) is 0 Å². The van der Waals surface area contributed by atoms with E-state index in [-0.39, 0.29) is 24.0 Å². The average molecular weight is 322 g/mol. The quantitative estimate of drug-likeness (QED) is 0.910. The Morgan fingerprint density at radius 2 is 2.14 bits per heavy atom. The van der Waals surface area contributed by atoms with E-state index in [1.807, 2.05) is 17.3 Å². The maximum atomic E-state index is 12.6. The van der Waals surface area contributed by atoms with Gasteiger partial charge in [0.25, 0.3) is 0 Å². The van der Waals surface area contributed by atoms with Gasteiger partial charge in [-0.2, -0.15) is 0 Å². The summed E-state index contributed by atoms with van der Waals surface area (Å²) in [6, 6.07) is 0.0122. The summed E-state index contributed by atoms with van der Waals surface area (Å²) in [6.45, 7) is 4.78. The van der Waals surface area contributed by atoms with Gasteiger partial charge in [0.15, 0.2) is 5.13 Å². The first kappa shape index (κ1) is 15.3. The molecule has 1 aromatic heterocycles. The molecule has 2 aliphatic rings. The number of nitrogens with one attached hydrogen (secondary N) is 1. The first-order valence-corrected chi connectivity index (χ1v) is 8.62. The van der Waals surface area contributed by atoms with Crippen molar-refractivity contribution in [3.63, 3.8) is 0 Å². The molecule has 7 heteroatoms. The van der Waals surface area contributed by atoms with Crippen LogP contribution in [0.3, 0.4) is 0 Å². The Hall–Kier alpha value is -1.63. The van der Waals surface area contributed by atoms with Gasteiger partial charge in [0.05, 0.1) is 11.7 Å². The van der Waals surface area contributed by atoms with E-state index in [0.717, 1.165) is 18.5 Å². The molecule has 0 unspecified atom stereocenters. The molecule has 3 amide bonds. The predicted molar refractivity (Wildman–Crippen MR) is 86.1 cm³/mol. The fourth-order valence-corrected chi connectivity index (χ4v) is 4.07. The lowest BCUT2D eigenvalue weighted by Gasteiger charge is -2.27. The number of amides is 3. The number of urea groups is 1. The van der Waals surface area contributed by atoms with E-state index >= 15 is 0 Å². The highest BCUT2D eigenvalue weighted by Crippen LogP contribution is 2.31. The smallest absolute Gasteiger partial charge is 0.324 e. The van der Waals surface area contributed by atoms with Crippen LogP contribution in [-0.2, 0) is 4.79 Å². The van der Waals surface area contributed by atoms with E-state index in [9.17, 15) is 9.59 Å². The van der Waals surface area contributed by atoms with E-state index in [2.05, 4.69) is 24.1 Å². The minimum Gasteiger partial charge on any atom is -0.344 e. The molecule has 1 aromatic rings. The summed E-state index contributed by atoms with van der Waals surface area (Å²) in [5.74, 6) is 0.476. The van der Waals surface area contributed by atoms with Crippen LogP contribution in [0.5, 0.6) is 0 Å². The lowest BCUT2D eigenvalue weighted by atomic mass is 10.1. The molecule has 2 atom stereocenters. The van der Waals surface area contributed by atoms with Crippen molar-refractivity contribution < 1.29 is 9.59 Å². The fourth-order valence-electron chi connectivity index (χ4n) is 3.21. The highest BCUT2D eigenvalue weighted by Gasteiger charge is 2.42. The molecule has 2 fully saturated rings. The standard InChI is InChI=1S/C15H22N4O2S/c1-9(2)12-8-22-14(16-12)17-15(21)19-10-4-5-11(19)7-18(3)13(20)6-10/h8-11H,4-7H2,1-3H3,(H,16,17,21)/t10-,11+/m0/s1. The summed E-state index contributed by atoms with van der Waals surface area (Å²) in [5, 5.41) is 5.53. The zero-order valence-corrected chi connectivity index (χ0v) is 14.0. The van der Waals surface area contributed by atoms with E-state index < -0.39 is 0 Å². The monoisotopic (exact) mass is 322 g/mol. The zero-order chi connectivity index (χ0) is 15.9. The Bertz CT molecular complexity index is 586. The van der Waals surface area contributed by atoms with E-state index in [0.29, 0.717) is 24.0 Å². The van der Waals surface area contributed by atoms with Gasteiger partial charge in [0.1, 0.15) is 0 Å². The molecule has 0 saturated carbocycles. The minimum absolute atomic E-state index is 0.0204. The highest BCUT2D eigenvalue weighted by atomic mass is 32.1. The molecule has 0 spiro atoms. The van der Waals surface area contributed by atoms with Crippen molar-refractivity contribution in [1.29, 1.82) is 0 Å². The van der Waals surface area contributed by atoms with E-state index in [1.165, 1.54) is 11.3 Å². The molecule has 3 heterocycles. The van der Waals surface area contributed by atoms with Gasteiger partial charge < -0.3 is 9.80 Å². The molecule has 2 bridgehead atoms. The number of rotatable bonds is 2. The number of hydrogen-bond donors (Lipinski definition) is 1. The number of carbonyl (C=O) groups is 2. The normalized spacial score (nSPS) is 24.8. The molecule has 0 aromatic carbocycles. The summed E-state index contributed by atoms with van der Waals surface area (Å²) >= 11 is 1.45. The number of nitrogens with zero attached hydrogens (tertiary/aromatic N) is 3. The van der Waals surface area contributed by atoms with Gasteiger partial charge in [-0.1, -0.05) is 13.8 Å². The highest BCUT2D eigenvalue weighted by molar-refractivity contribution is 7.13. The Balaban J connectivity index is 1.72. The van der Waals surface area contributed by atoms with Crippen LogP contribution in [0.2, 0.25) is 0 Å². The maximum Gasteiger partial charge on any atom is 0.324 e. The van der Waals surface area contributed by atoms with Crippen molar-refractivity contribution in [3.8, 4) is 0 Å². The van der Waals surface area contributed by atoms with Crippen LogP contribution < -0.4 is 5.32 Å².